The van der Waals surface area contributed by atoms with E-state index in [2.05, 4.69) is 6.26 Å². The van der Waals surface area contributed by atoms with Crippen LogP contribution in [0, 0.1) is 0 Å². The molecule has 0 fully saturated rings. The molecule has 0 aliphatic carbocycles. The summed E-state index contributed by atoms with van der Waals surface area (Å²) in [5, 5.41) is 9.52. The van der Waals surface area contributed by atoms with Gasteiger partial charge in [0.05, 0.1) is 12.7 Å². The van der Waals surface area contributed by atoms with Gasteiger partial charge in [-0.05, 0) is 31.4 Å². The molecule has 84 valence electrons. The average Bonchev–Trinajstić information content (AvgIpc) is 2.25. The fourth-order valence-electron chi connectivity index (χ4n) is 1.34. The second-order valence-electron chi connectivity index (χ2n) is 3.41. The maximum absolute atomic E-state index is 9.52. The molecule has 1 atom stereocenters. The van der Waals surface area contributed by atoms with Crippen LogP contribution in [-0.2, 0) is 0 Å². The molecule has 0 unspecified atom stereocenters. The van der Waals surface area contributed by atoms with Crippen LogP contribution in [0.3, 0.4) is 0 Å². The third-order valence-electron chi connectivity index (χ3n) is 2.12. The molecule has 0 radical (unpaired) electrons. The van der Waals surface area contributed by atoms with Crippen molar-refractivity contribution in [1.82, 2.24) is 0 Å². The second kappa shape index (κ2) is 6.75. The van der Waals surface area contributed by atoms with Crippen molar-refractivity contribution in [3.05, 3.63) is 29.8 Å². The van der Waals surface area contributed by atoms with Crippen LogP contribution in [0.5, 0.6) is 5.75 Å². The summed E-state index contributed by atoms with van der Waals surface area (Å²) in [7, 11) is 0. The first-order chi connectivity index (χ1) is 7.25. The summed E-state index contributed by atoms with van der Waals surface area (Å²) >= 11 is 1.82. The Labute approximate surface area is 95.7 Å². The van der Waals surface area contributed by atoms with Gasteiger partial charge >= 0.3 is 0 Å². The number of benzene rings is 1. The Morgan fingerprint density at radius 1 is 1.40 bits per heavy atom. The third-order valence-corrected chi connectivity index (χ3v) is 2.82. The van der Waals surface area contributed by atoms with E-state index in [9.17, 15) is 5.11 Å². The van der Waals surface area contributed by atoms with E-state index in [0.717, 1.165) is 23.5 Å². The van der Waals surface area contributed by atoms with E-state index in [-0.39, 0.29) is 0 Å². The van der Waals surface area contributed by atoms with Gasteiger partial charge in [-0.25, -0.2) is 0 Å². The van der Waals surface area contributed by atoms with Gasteiger partial charge in [0.25, 0.3) is 0 Å². The highest BCUT2D eigenvalue weighted by Gasteiger charge is 2.07. The van der Waals surface area contributed by atoms with Crippen LogP contribution in [0.25, 0.3) is 0 Å². The Balaban J connectivity index is 2.52. The van der Waals surface area contributed by atoms with Crippen LogP contribution >= 0.6 is 11.8 Å². The molecule has 2 nitrogen and oxygen atoms in total. The lowest BCUT2D eigenvalue weighted by molar-refractivity contribution is 0.191. The fourth-order valence-corrected chi connectivity index (χ4v) is 1.75. The molecular weight excluding hydrogens is 208 g/mol. The standard InChI is InChI=1S/C12H18O2S/c1-10(13)11-6-3-4-7-12(11)14-8-5-9-15-2/h3-4,6-7,10,13H,5,8-9H2,1-2H3/t10-/m0/s1. The van der Waals surface area contributed by atoms with Gasteiger partial charge in [0.2, 0.25) is 0 Å². The molecule has 1 rings (SSSR count). The highest BCUT2D eigenvalue weighted by molar-refractivity contribution is 7.98. The summed E-state index contributed by atoms with van der Waals surface area (Å²) in [6.45, 7) is 2.47. The van der Waals surface area contributed by atoms with E-state index >= 15 is 0 Å². The molecule has 0 aromatic heterocycles. The van der Waals surface area contributed by atoms with Crippen molar-refractivity contribution in [1.29, 1.82) is 0 Å². The number of ether oxygens (including phenoxy) is 1. The summed E-state index contributed by atoms with van der Waals surface area (Å²) in [6.07, 6.45) is 2.65. The zero-order valence-electron chi connectivity index (χ0n) is 9.27. The number of para-hydroxylation sites is 1. The van der Waals surface area contributed by atoms with E-state index in [1.165, 1.54) is 0 Å². The highest BCUT2D eigenvalue weighted by Crippen LogP contribution is 2.24. The summed E-state index contributed by atoms with van der Waals surface area (Å²) in [6, 6.07) is 7.64. The maximum Gasteiger partial charge on any atom is 0.125 e. The average molecular weight is 226 g/mol. The van der Waals surface area contributed by atoms with Crippen LogP contribution in [-0.4, -0.2) is 23.7 Å². The predicted molar refractivity (Wildman–Crippen MR) is 65.6 cm³/mol. The van der Waals surface area contributed by atoms with Crippen molar-refractivity contribution in [3.63, 3.8) is 0 Å². The van der Waals surface area contributed by atoms with Crippen LogP contribution in [0.2, 0.25) is 0 Å². The second-order valence-corrected chi connectivity index (χ2v) is 4.39. The van der Waals surface area contributed by atoms with Crippen LogP contribution < -0.4 is 4.74 Å². The van der Waals surface area contributed by atoms with Crippen LogP contribution in [0.4, 0.5) is 0 Å². The minimum absolute atomic E-state index is 0.471. The number of thioether (sulfide) groups is 1. The van der Waals surface area contributed by atoms with Crippen molar-refractivity contribution >= 4 is 11.8 Å². The summed E-state index contributed by atoms with van der Waals surface area (Å²) in [4.78, 5) is 0. The largest absolute Gasteiger partial charge is 0.493 e. The van der Waals surface area contributed by atoms with Crippen LogP contribution in [0.1, 0.15) is 25.0 Å². The lowest BCUT2D eigenvalue weighted by Crippen LogP contribution is -2.02. The minimum Gasteiger partial charge on any atom is -0.493 e. The monoisotopic (exact) mass is 226 g/mol. The van der Waals surface area contributed by atoms with Crippen molar-refractivity contribution in [2.45, 2.75) is 19.4 Å². The molecule has 0 amide bonds. The lowest BCUT2D eigenvalue weighted by atomic mass is 10.1. The third kappa shape index (κ3) is 4.14. The molecular formula is C12H18O2S. The molecule has 0 heterocycles. The predicted octanol–water partition coefficient (Wildman–Crippen LogP) is 2.87. The number of rotatable bonds is 6. The van der Waals surface area contributed by atoms with E-state index < -0.39 is 6.10 Å². The molecule has 3 heteroatoms. The van der Waals surface area contributed by atoms with Gasteiger partial charge < -0.3 is 9.84 Å². The smallest absolute Gasteiger partial charge is 0.125 e. The minimum atomic E-state index is -0.471. The van der Waals surface area contributed by atoms with Crippen molar-refractivity contribution in [2.75, 3.05) is 18.6 Å². The molecule has 1 aromatic rings. The van der Waals surface area contributed by atoms with E-state index in [1.807, 2.05) is 36.0 Å². The van der Waals surface area contributed by atoms with E-state index in [4.69, 9.17) is 4.74 Å². The van der Waals surface area contributed by atoms with Crippen LogP contribution in [0.15, 0.2) is 24.3 Å². The van der Waals surface area contributed by atoms with E-state index in [0.29, 0.717) is 6.61 Å². The first-order valence-corrected chi connectivity index (χ1v) is 6.54. The fraction of sp³-hybridized carbons (Fsp3) is 0.500. The quantitative estimate of drug-likeness (QED) is 0.756. The van der Waals surface area contributed by atoms with Gasteiger partial charge in [0.1, 0.15) is 5.75 Å². The van der Waals surface area contributed by atoms with Gasteiger partial charge in [-0.1, -0.05) is 18.2 Å². The zero-order valence-corrected chi connectivity index (χ0v) is 10.1. The Morgan fingerprint density at radius 2 is 2.13 bits per heavy atom. The number of hydrogen-bond donors (Lipinski definition) is 1. The topological polar surface area (TPSA) is 29.5 Å². The molecule has 15 heavy (non-hydrogen) atoms. The molecule has 1 N–H and O–H groups in total. The normalized spacial score (nSPS) is 12.5. The van der Waals surface area contributed by atoms with Gasteiger partial charge in [-0.3, -0.25) is 0 Å². The Hall–Kier alpha value is -0.670. The summed E-state index contributed by atoms with van der Waals surface area (Å²) in [5.74, 6) is 1.91. The zero-order chi connectivity index (χ0) is 11.1. The SMILES string of the molecule is CSCCCOc1ccccc1[C@H](C)O. The van der Waals surface area contributed by atoms with Gasteiger partial charge in [0, 0.05) is 5.56 Å². The molecule has 0 spiro atoms. The number of hydrogen-bond acceptors (Lipinski definition) is 3. The molecule has 0 saturated carbocycles. The van der Waals surface area contributed by atoms with E-state index in [1.54, 1.807) is 6.92 Å². The van der Waals surface area contributed by atoms with Crippen molar-refractivity contribution < 1.29 is 9.84 Å². The first kappa shape index (κ1) is 12.4. The Kier molecular flexibility index (Phi) is 5.58. The molecule has 0 saturated heterocycles. The molecule has 0 aliphatic rings. The molecule has 0 aliphatic heterocycles. The van der Waals surface area contributed by atoms with Gasteiger partial charge in [0.15, 0.2) is 0 Å². The lowest BCUT2D eigenvalue weighted by Gasteiger charge is -2.12. The highest BCUT2D eigenvalue weighted by atomic mass is 32.2. The number of aliphatic hydroxyl groups excluding tert-OH is 1. The van der Waals surface area contributed by atoms with Gasteiger partial charge in [-0.2, -0.15) is 11.8 Å². The van der Waals surface area contributed by atoms with Crippen molar-refractivity contribution in [2.24, 2.45) is 0 Å². The van der Waals surface area contributed by atoms with Gasteiger partial charge in [-0.15, -0.1) is 0 Å². The Morgan fingerprint density at radius 3 is 2.80 bits per heavy atom. The molecule has 1 aromatic carbocycles. The summed E-state index contributed by atoms with van der Waals surface area (Å²) in [5.41, 5.74) is 0.863. The Bertz CT molecular complexity index is 287. The van der Waals surface area contributed by atoms with Crippen molar-refractivity contribution in [3.8, 4) is 5.75 Å². The first-order valence-electron chi connectivity index (χ1n) is 5.14. The summed E-state index contributed by atoms with van der Waals surface area (Å²) < 4.78 is 5.63. The molecule has 0 bridgehead atoms. The maximum atomic E-state index is 9.52. The number of aliphatic hydroxyl groups is 1.